The molecule has 0 aliphatic heterocycles. The van der Waals surface area contributed by atoms with Crippen LogP contribution < -0.4 is 4.74 Å². The van der Waals surface area contributed by atoms with Gasteiger partial charge >= 0.3 is 5.97 Å². The number of carbonyl (C=O) groups excluding carboxylic acids is 1. The molecule has 0 atom stereocenters. The van der Waals surface area contributed by atoms with Gasteiger partial charge in [-0.15, -0.1) is 0 Å². The van der Waals surface area contributed by atoms with E-state index >= 15 is 0 Å². The van der Waals surface area contributed by atoms with Gasteiger partial charge in [0.25, 0.3) is 0 Å². The van der Waals surface area contributed by atoms with E-state index in [9.17, 15) is 4.79 Å². The first-order valence-electron chi connectivity index (χ1n) is 10.6. The average Bonchev–Trinajstić information content (AvgIpc) is 2.99. The number of esters is 1. The molecule has 0 unspecified atom stereocenters. The van der Waals surface area contributed by atoms with Gasteiger partial charge in [-0.1, -0.05) is 55.1 Å². The fourth-order valence-electron chi connectivity index (χ4n) is 3.69. The predicted octanol–water partition coefficient (Wildman–Crippen LogP) is 6.23. The van der Waals surface area contributed by atoms with E-state index in [0.29, 0.717) is 6.61 Å². The molecule has 0 amide bonds. The second-order valence-corrected chi connectivity index (χ2v) is 7.35. The Morgan fingerprint density at radius 2 is 1.72 bits per heavy atom. The molecule has 1 aliphatic rings. The van der Waals surface area contributed by atoms with Crippen LogP contribution in [0.25, 0.3) is 11.6 Å². The molecule has 3 rings (SSSR count). The largest absolute Gasteiger partial charge is 0.493 e. The minimum atomic E-state index is -0.345. The van der Waals surface area contributed by atoms with Crippen molar-refractivity contribution in [3.8, 4) is 5.75 Å². The van der Waals surface area contributed by atoms with Gasteiger partial charge < -0.3 is 9.47 Å². The SMILES string of the molecule is C=CC(=O)OCCCCCCOc1cccc2c1CCCC(c1ccccc1)=C2. The van der Waals surface area contributed by atoms with Crippen molar-refractivity contribution in [1.29, 1.82) is 0 Å². The minimum Gasteiger partial charge on any atom is -0.493 e. The molecule has 3 heteroatoms. The molecule has 152 valence electrons. The lowest BCUT2D eigenvalue weighted by Crippen LogP contribution is -2.03. The number of benzene rings is 2. The first-order chi connectivity index (χ1) is 14.3. The molecule has 0 radical (unpaired) electrons. The normalized spacial score (nSPS) is 13.0. The van der Waals surface area contributed by atoms with Crippen molar-refractivity contribution in [3.63, 3.8) is 0 Å². The van der Waals surface area contributed by atoms with Gasteiger partial charge in [0.1, 0.15) is 5.75 Å². The Kier molecular flexibility index (Phi) is 8.12. The fraction of sp³-hybridized carbons (Fsp3) is 0.346. The summed E-state index contributed by atoms with van der Waals surface area (Å²) in [5.74, 6) is 0.676. The standard InChI is InChI=1S/C26H30O3/c1-2-26(27)29-19-9-4-3-8-18-28-25-17-11-15-23-20-22(14-10-16-24(23)25)21-12-6-5-7-13-21/h2,5-7,11-13,15,17,20H,1,3-4,8-10,14,16,18-19H2. The lowest BCUT2D eigenvalue weighted by atomic mass is 10.0. The summed E-state index contributed by atoms with van der Waals surface area (Å²) in [7, 11) is 0. The van der Waals surface area contributed by atoms with Crippen LogP contribution in [0.5, 0.6) is 5.75 Å². The summed E-state index contributed by atoms with van der Waals surface area (Å²) < 4.78 is 11.1. The van der Waals surface area contributed by atoms with E-state index in [0.717, 1.165) is 57.3 Å². The molecule has 29 heavy (non-hydrogen) atoms. The van der Waals surface area contributed by atoms with E-state index in [1.54, 1.807) is 0 Å². The molecule has 3 nitrogen and oxygen atoms in total. The molecule has 0 saturated heterocycles. The third kappa shape index (κ3) is 6.35. The monoisotopic (exact) mass is 390 g/mol. The second-order valence-electron chi connectivity index (χ2n) is 7.35. The number of fused-ring (bicyclic) bond motifs is 1. The fourth-order valence-corrected chi connectivity index (χ4v) is 3.69. The summed E-state index contributed by atoms with van der Waals surface area (Å²) >= 11 is 0. The molecule has 0 heterocycles. The van der Waals surface area contributed by atoms with Gasteiger partial charge in [-0.3, -0.25) is 0 Å². The quantitative estimate of drug-likeness (QED) is 0.274. The molecule has 0 spiro atoms. The highest BCUT2D eigenvalue weighted by atomic mass is 16.5. The van der Waals surface area contributed by atoms with Crippen molar-refractivity contribution in [2.24, 2.45) is 0 Å². The first-order valence-corrected chi connectivity index (χ1v) is 10.6. The van der Waals surface area contributed by atoms with Gasteiger partial charge in [0.05, 0.1) is 13.2 Å². The summed E-state index contributed by atoms with van der Waals surface area (Å²) in [6.45, 7) is 4.58. The average molecular weight is 391 g/mol. The molecule has 0 aromatic heterocycles. The third-order valence-electron chi connectivity index (χ3n) is 5.22. The predicted molar refractivity (Wildman–Crippen MR) is 119 cm³/mol. The van der Waals surface area contributed by atoms with Crippen LogP contribution >= 0.6 is 0 Å². The minimum absolute atomic E-state index is 0.345. The number of ether oxygens (including phenoxy) is 2. The van der Waals surface area contributed by atoms with Crippen molar-refractivity contribution in [2.45, 2.75) is 44.9 Å². The van der Waals surface area contributed by atoms with E-state index < -0.39 is 0 Å². The second kappa shape index (κ2) is 11.3. The van der Waals surface area contributed by atoms with Crippen molar-refractivity contribution < 1.29 is 14.3 Å². The zero-order chi connectivity index (χ0) is 20.3. The van der Waals surface area contributed by atoms with E-state index in [2.05, 4.69) is 61.2 Å². The van der Waals surface area contributed by atoms with Crippen LogP contribution in [0.1, 0.15) is 55.2 Å². The van der Waals surface area contributed by atoms with Gasteiger partial charge in [-0.25, -0.2) is 4.79 Å². The lowest BCUT2D eigenvalue weighted by molar-refractivity contribution is -0.137. The van der Waals surface area contributed by atoms with Crippen LogP contribution in [0.2, 0.25) is 0 Å². The van der Waals surface area contributed by atoms with Gasteiger partial charge in [0.15, 0.2) is 0 Å². The van der Waals surface area contributed by atoms with Crippen molar-refractivity contribution in [3.05, 3.63) is 77.9 Å². The van der Waals surface area contributed by atoms with E-state index in [1.165, 1.54) is 28.3 Å². The van der Waals surface area contributed by atoms with E-state index in [-0.39, 0.29) is 5.97 Å². The highest BCUT2D eigenvalue weighted by Crippen LogP contribution is 2.33. The number of unbranched alkanes of at least 4 members (excludes halogenated alkanes) is 3. The van der Waals surface area contributed by atoms with Crippen LogP contribution in [0.3, 0.4) is 0 Å². The van der Waals surface area contributed by atoms with Crippen LogP contribution in [-0.2, 0) is 16.0 Å². The van der Waals surface area contributed by atoms with Crippen LogP contribution in [0.15, 0.2) is 61.2 Å². The molecule has 1 aliphatic carbocycles. The topological polar surface area (TPSA) is 35.5 Å². The van der Waals surface area contributed by atoms with Crippen molar-refractivity contribution >= 4 is 17.6 Å². The van der Waals surface area contributed by atoms with Gasteiger partial charge in [0.2, 0.25) is 0 Å². The number of hydrogen-bond donors (Lipinski definition) is 0. The van der Waals surface area contributed by atoms with Crippen molar-refractivity contribution in [2.75, 3.05) is 13.2 Å². The summed E-state index contributed by atoms with van der Waals surface area (Å²) in [6.07, 6.45) is 10.8. The maximum atomic E-state index is 11.0. The molecule has 0 bridgehead atoms. The molecule has 2 aromatic carbocycles. The zero-order valence-electron chi connectivity index (χ0n) is 17.1. The van der Waals surface area contributed by atoms with Crippen LogP contribution in [0.4, 0.5) is 0 Å². The molecule has 0 fully saturated rings. The highest BCUT2D eigenvalue weighted by molar-refractivity contribution is 5.83. The first kappa shape index (κ1) is 20.9. The lowest BCUT2D eigenvalue weighted by Gasteiger charge is -2.13. The van der Waals surface area contributed by atoms with Gasteiger partial charge in [-0.05, 0) is 67.7 Å². The van der Waals surface area contributed by atoms with Gasteiger partial charge in [-0.2, -0.15) is 0 Å². The Morgan fingerprint density at radius 3 is 2.52 bits per heavy atom. The Labute approximate surface area is 174 Å². The molecule has 0 N–H and O–H groups in total. The number of allylic oxidation sites excluding steroid dienone is 1. The molecule has 0 saturated carbocycles. The Hall–Kier alpha value is -2.81. The maximum Gasteiger partial charge on any atom is 0.330 e. The van der Waals surface area contributed by atoms with Crippen molar-refractivity contribution in [1.82, 2.24) is 0 Å². The molecular weight excluding hydrogens is 360 g/mol. The highest BCUT2D eigenvalue weighted by Gasteiger charge is 2.14. The molecule has 2 aromatic rings. The zero-order valence-corrected chi connectivity index (χ0v) is 17.1. The molecular formula is C26H30O3. The summed E-state index contributed by atoms with van der Waals surface area (Å²) in [5, 5.41) is 0. The van der Waals surface area contributed by atoms with Crippen LogP contribution in [-0.4, -0.2) is 19.2 Å². The van der Waals surface area contributed by atoms with Gasteiger partial charge in [0, 0.05) is 11.6 Å². The summed E-state index contributed by atoms with van der Waals surface area (Å²) in [4.78, 5) is 11.0. The van der Waals surface area contributed by atoms with E-state index in [4.69, 9.17) is 9.47 Å². The Morgan fingerprint density at radius 1 is 0.931 bits per heavy atom. The summed E-state index contributed by atoms with van der Waals surface area (Å²) in [5.41, 5.74) is 5.32. The number of hydrogen-bond acceptors (Lipinski definition) is 3. The Balaban J connectivity index is 1.50. The third-order valence-corrected chi connectivity index (χ3v) is 5.22. The number of rotatable bonds is 10. The summed E-state index contributed by atoms with van der Waals surface area (Å²) in [6, 6.07) is 17.0. The number of carbonyl (C=O) groups is 1. The maximum absolute atomic E-state index is 11.0. The smallest absolute Gasteiger partial charge is 0.330 e. The Bertz CT molecular complexity index is 836. The van der Waals surface area contributed by atoms with E-state index in [1.807, 2.05) is 0 Å². The van der Waals surface area contributed by atoms with Crippen LogP contribution in [0, 0.1) is 0 Å².